The number of hydrogen-bond donors (Lipinski definition) is 2. The van der Waals surface area contributed by atoms with Crippen molar-refractivity contribution in [3.63, 3.8) is 0 Å². The number of hydrogen-bond acceptors (Lipinski definition) is 6. The first-order valence-corrected chi connectivity index (χ1v) is 9.01. The van der Waals surface area contributed by atoms with Gasteiger partial charge in [-0.15, -0.1) is 10.2 Å². The first-order valence-electron chi connectivity index (χ1n) is 8.13. The quantitative estimate of drug-likeness (QED) is 0.605. The molecule has 0 aliphatic carbocycles. The van der Waals surface area contributed by atoms with E-state index in [1.807, 2.05) is 58.9 Å². The van der Waals surface area contributed by atoms with Gasteiger partial charge in [0, 0.05) is 11.1 Å². The molecule has 0 aliphatic rings. The Morgan fingerprint density at radius 2 is 1.96 bits per heavy atom. The van der Waals surface area contributed by atoms with Crippen molar-refractivity contribution in [2.75, 3.05) is 12.4 Å². The minimum atomic E-state index is -0.334. The van der Waals surface area contributed by atoms with E-state index in [1.165, 1.54) is 16.4 Å². The number of benzene rings is 1. The van der Waals surface area contributed by atoms with Crippen molar-refractivity contribution in [3.05, 3.63) is 24.3 Å². The van der Waals surface area contributed by atoms with Gasteiger partial charge >= 0.3 is 0 Å². The molecule has 2 aromatic rings. The molecular weight excluding hydrogens is 338 g/mol. The highest BCUT2D eigenvalue weighted by molar-refractivity contribution is 8.00. The molecule has 1 amide bonds. The Kier molecular flexibility index (Phi) is 5.94. The Labute approximate surface area is 152 Å². The van der Waals surface area contributed by atoms with Gasteiger partial charge in [-0.3, -0.25) is 4.79 Å². The van der Waals surface area contributed by atoms with Gasteiger partial charge in [-0.25, -0.2) is 4.68 Å². The summed E-state index contributed by atoms with van der Waals surface area (Å²) in [6.07, 6.45) is 0. The number of nitrogens with two attached hydrogens (primary N) is 1. The summed E-state index contributed by atoms with van der Waals surface area (Å²) in [4.78, 5) is 12.2. The molecule has 0 saturated carbocycles. The van der Waals surface area contributed by atoms with Crippen molar-refractivity contribution >= 4 is 17.7 Å². The summed E-state index contributed by atoms with van der Waals surface area (Å²) in [5.74, 6) is 7.37. The van der Waals surface area contributed by atoms with Gasteiger partial charge < -0.3 is 15.9 Å². The number of nitrogens with zero attached hydrogens (tertiary/aromatic N) is 3. The van der Waals surface area contributed by atoms with Gasteiger partial charge in [0.2, 0.25) is 11.1 Å². The molecule has 136 valence electrons. The van der Waals surface area contributed by atoms with Gasteiger partial charge in [0.05, 0.1) is 11.9 Å². The summed E-state index contributed by atoms with van der Waals surface area (Å²) < 4.78 is 6.83. The molecule has 7 nitrogen and oxygen atoms in total. The average molecular weight is 363 g/mol. The lowest BCUT2D eigenvalue weighted by molar-refractivity contribution is -0.121. The molecule has 0 fully saturated rings. The maximum absolute atomic E-state index is 12.2. The molecule has 25 heavy (non-hydrogen) atoms. The average Bonchev–Trinajstić information content (AvgIpc) is 2.88. The zero-order valence-electron chi connectivity index (χ0n) is 15.2. The normalized spacial score (nSPS) is 12.7. The maximum atomic E-state index is 12.2. The number of rotatable bonds is 6. The van der Waals surface area contributed by atoms with Gasteiger partial charge in [-0.2, -0.15) is 0 Å². The van der Waals surface area contributed by atoms with E-state index >= 15 is 0 Å². The number of carbonyl (C=O) groups is 1. The van der Waals surface area contributed by atoms with E-state index in [9.17, 15) is 4.79 Å². The third-order valence-electron chi connectivity index (χ3n) is 3.24. The van der Waals surface area contributed by atoms with Crippen LogP contribution in [0.5, 0.6) is 5.75 Å². The summed E-state index contributed by atoms with van der Waals surface area (Å²) in [5.41, 5.74) is 0.549. The zero-order valence-corrected chi connectivity index (χ0v) is 16.1. The molecule has 0 saturated heterocycles. The second-order valence-corrected chi connectivity index (χ2v) is 7.94. The summed E-state index contributed by atoms with van der Waals surface area (Å²) in [5, 5.41) is 11.3. The van der Waals surface area contributed by atoms with Gasteiger partial charge in [-0.05, 0) is 58.9 Å². The van der Waals surface area contributed by atoms with Crippen molar-refractivity contribution in [1.82, 2.24) is 20.2 Å². The van der Waals surface area contributed by atoms with Crippen LogP contribution in [0.3, 0.4) is 0 Å². The Morgan fingerprint density at radius 1 is 1.32 bits per heavy atom. The van der Waals surface area contributed by atoms with Crippen LogP contribution < -0.4 is 15.9 Å². The van der Waals surface area contributed by atoms with E-state index < -0.39 is 0 Å². The van der Waals surface area contributed by atoms with E-state index in [4.69, 9.17) is 10.6 Å². The van der Waals surface area contributed by atoms with Crippen LogP contribution in [0.4, 0.5) is 0 Å². The van der Waals surface area contributed by atoms with Gasteiger partial charge in [-0.1, -0.05) is 11.8 Å². The summed E-state index contributed by atoms with van der Waals surface area (Å²) in [6.45, 7) is 10.2. The van der Waals surface area contributed by atoms with Crippen molar-refractivity contribution in [1.29, 1.82) is 0 Å². The Hall–Kier alpha value is -2.22. The van der Waals surface area contributed by atoms with Crippen molar-refractivity contribution < 1.29 is 9.53 Å². The first-order chi connectivity index (χ1) is 11.7. The number of nitrogens with one attached hydrogen (secondary N) is 1. The smallest absolute Gasteiger partial charge is 0.233 e. The van der Waals surface area contributed by atoms with Crippen LogP contribution in [0.25, 0.3) is 11.4 Å². The van der Waals surface area contributed by atoms with Crippen LogP contribution in [0.2, 0.25) is 0 Å². The van der Waals surface area contributed by atoms with Crippen LogP contribution in [-0.4, -0.2) is 38.2 Å². The number of carbonyl (C=O) groups excluding carboxylic acids is 1. The van der Waals surface area contributed by atoms with E-state index in [1.54, 1.807) is 0 Å². The minimum Gasteiger partial charge on any atom is -0.494 e. The van der Waals surface area contributed by atoms with Gasteiger partial charge in [0.1, 0.15) is 5.75 Å². The first kappa shape index (κ1) is 19.1. The van der Waals surface area contributed by atoms with Crippen LogP contribution in [0.15, 0.2) is 29.4 Å². The molecule has 0 radical (unpaired) electrons. The number of nitrogen functional groups attached to an aromatic ring is 1. The highest BCUT2D eigenvalue weighted by Crippen LogP contribution is 2.26. The third kappa shape index (κ3) is 5.12. The summed E-state index contributed by atoms with van der Waals surface area (Å²) in [6, 6.07) is 7.48. The van der Waals surface area contributed by atoms with Crippen LogP contribution in [-0.2, 0) is 4.79 Å². The molecule has 0 bridgehead atoms. The molecule has 8 heteroatoms. The van der Waals surface area contributed by atoms with Gasteiger partial charge in [0.25, 0.3) is 0 Å². The standard InChI is InChI=1S/C17H25N5O2S/c1-6-24-13-9-7-12(8-10-13)14-20-21-16(22(14)18)25-11(2)15(23)19-17(3,4)5/h7-11H,6,18H2,1-5H3,(H,19,23)/t11-/m1/s1. The molecule has 0 aliphatic heterocycles. The van der Waals surface area contributed by atoms with Crippen LogP contribution in [0.1, 0.15) is 34.6 Å². The predicted molar refractivity (Wildman–Crippen MR) is 100.0 cm³/mol. The number of aromatic nitrogens is 3. The zero-order chi connectivity index (χ0) is 18.6. The number of amides is 1. The fourth-order valence-electron chi connectivity index (χ4n) is 2.10. The van der Waals surface area contributed by atoms with Crippen molar-refractivity contribution in [2.24, 2.45) is 0 Å². The predicted octanol–water partition coefficient (Wildman–Crippen LogP) is 2.45. The van der Waals surface area contributed by atoms with Crippen LogP contribution in [0, 0.1) is 0 Å². The lowest BCUT2D eigenvalue weighted by Gasteiger charge is -2.22. The van der Waals surface area contributed by atoms with Crippen molar-refractivity contribution in [2.45, 2.75) is 50.6 Å². The molecule has 2 rings (SSSR count). The molecule has 1 heterocycles. The molecule has 0 spiro atoms. The second-order valence-electron chi connectivity index (χ2n) is 6.63. The Bertz CT molecular complexity index is 722. The second kappa shape index (κ2) is 7.77. The number of thioether (sulfide) groups is 1. The summed E-state index contributed by atoms with van der Waals surface area (Å²) >= 11 is 1.27. The number of ether oxygens (including phenoxy) is 1. The fourth-order valence-corrected chi connectivity index (χ4v) is 2.87. The van der Waals surface area contributed by atoms with Gasteiger partial charge in [0.15, 0.2) is 5.82 Å². The van der Waals surface area contributed by atoms with E-state index in [2.05, 4.69) is 15.5 Å². The minimum absolute atomic E-state index is 0.0666. The Balaban J connectivity index is 2.11. The molecule has 0 unspecified atom stereocenters. The van der Waals surface area contributed by atoms with E-state index in [0.717, 1.165) is 11.3 Å². The lowest BCUT2D eigenvalue weighted by atomic mass is 10.1. The fraction of sp³-hybridized carbons (Fsp3) is 0.471. The van der Waals surface area contributed by atoms with Crippen LogP contribution >= 0.6 is 11.8 Å². The maximum Gasteiger partial charge on any atom is 0.233 e. The van der Waals surface area contributed by atoms with E-state index in [-0.39, 0.29) is 16.7 Å². The molecule has 1 atom stereocenters. The molecular formula is C17H25N5O2S. The van der Waals surface area contributed by atoms with Crippen molar-refractivity contribution in [3.8, 4) is 17.1 Å². The SMILES string of the molecule is CCOc1ccc(-c2nnc(S[C@H](C)C(=O)NC(C)(C)C)n2N)cc1. The van der Waals surface area contributed by atoms with E-state index in [0.29, 0.717) is 17.6 Å². The highest BCUT2D eigenvalue weighted by atomic mass is 32.2. The molecule has 3 N–H and O–H groups in total. The highest BCUT2D eigenvalue weighted by Gasteiger charge is 2.23. The largest absolute Gasteiger partial charge is 0.494 e. The summed E-state index contributed by atoms with van der Waals surface area (Å²) in [7, 11) is 0. The monoisotopic (exact) mass is 363 g/mol. The molecule has 1 aromatic heterocycles. The lowest BCUT2D eigenvalue weighted by Crippen LogP contribution is -2.44. The Morgan fingerprint density at radius 3 is 2.52 bits per heavy atom. The third-order valence-corrected chi connectivity index (χ3v) is 4.29. The molecule has 1 aromatic carbocycles. The topological polar surface area (TPSA) is 95.1 Å².